The Hall–Kier alpha value is -1.43. The number of hydrogen-bond donors (Lipinski definition) is 1. The summed E-state index contributed by atoms with van der Waals surface area (Å²) in [7, 11) is -6.52. The third-order valence-corrected chi connectivity index (χ3v) is 4.76. The highest BCUT2D eigenvalue weighted by molar-refractivity contribution is 7.88. The van der Waals surface area contributed by atoms with Crippen molar-refractivity contribution in [2.45, 2.75) is 62.2 Å². The predicted molar refractivity (Wildman–Crippen MR) is 74.6 cm³/mol. The first-order valence-corrected chi connectivity index (χ1v) is 8.93. The van der Waals surface area contributed by atoms with Gasteiger partial charge in [0.2, 0.25) is 0 Å². The van der Waals surface area contributed by atoms with E-state index in [-0.39, 0.29) is 0 Å². The first-order valence-electron chi connectivity index (χ1n) is 7.49. The number of halogens is 4. The van der Waals surface area contributed by atoms with Crippen molar-refractivity contribution < 1.29 is 49.6 Å². The molecular formula is C13H18F4O7S. The van der Waals surface area contributed by atoms with Gasteiger partial charge in [-0.15, -0.1) is 0 Å². The zero-order chi connectivity index (χ0) is 19.3. The lowest BCUT2D eigenvalue weighted by Crippen LogP contribution is -2.55. The van der Waals surface area contributed by atoms with Gasteiger partial charge in [-0.25, -0.2) is 14.0 Å². The molecule has 0 saturated heterocycles. The fourth-order valence-electron chi connectivity index (χ4n) is 2.34. The maximum atomic E-state index is 13.6. The van der Waals surface area contributed by atoms with E-state index in [0.29, 0.717) is 12.8 Å². The number of carbonyl (C=O) groups is 2. The topological polar surface area (TPSA) is 107 Å². The Morgan fingerprint density at radius 2 is 1.48 bits per heavy atom. The average molecular weight is 394 g/mol. The van der Waals surface area contributed by atoms with Crippen LogP contribution in [-0.2, 0) is 29.2 Å². The minimum Gasteiger partial charge on any atom is -0.460 e. The van der Waals surface area contributed by atoms with Crippen LogP contribution in [0, 0.1) is 0 Å². The van der Waals surface area contributed by atoms with Gasteiger partial charge in [-0.2, -0.15) is 21.6 Å². The molecule has 25 heavy (non-hydrogen) atoms. The molecule has 7 nitrogen and oxygen atoms in total. The van der Waals surface area contributed by atoms with Gasteiger partial charge in [0.1, 0.15) is 6.10 Å². The summed E-state index contributed by atoms with van der Waals surface area (Å²) in [6.45, 7) is -1.41. The van der Waals surface area contributed by atoms with Crippen LogP contribution in [0.1, 0.15) is 44.9 Å². The second kappa shape index (κ2) is 8.30. The number of esters is 2. The largest absolute Gasteiger partial charge is 0.460 e. The van der Waals surface area contributed by atoms with Crippen LogP contribution in [0.5, 0.6) is 0 Å². The summed E-state index contributed by atoms with van der Waals surface area (Å²) in [5, 5.41) is -5.68. The van der Waals surface area contributed by atoms with Crippen LogP contribution in [0.2, 0.25) is 0 Å². The standard InChI is InChI=1S/C13H18F4O7S/c14-12(13(15,16)17,25(20,21)22)11(19)23-8-10(18)24-9-6-4-2-1-3-5-7-9/h9H,1-8H2,(H,20,21,22). The van der Waals surface area contributed by atoms with Crippen LogP contribution in [0.4, 0.5) is 17.6 Å². The summed E-state index contributed by atoms with van der Waals surface area (Å²) in [5.41, 5.74) is 0. The van der Waals surface area contributed by atoms with E-state index in [1.807, 2.05) is 0 Å². The molecule has 0 radical (unpaired) electrons. The second-order valence-electron chi connectivity index (χ2n) is 5.60. The second-order valence-corrected chi connectivity index (χ2v) is 7.11. The normalized spacial score (nSPS) is 20.0. The van der Waals surface area contributed by atoms with E-state index in [1.165, 1.54) is 0 Å². The first kappa shape index (κ1) is 21.6. The van der Waals surface area contributed by atoms with Crippen molar-refractivity contribution in [3.63, 3.8) is 0 Å². The molecule has 1 saturated carbocycles. The van der Waals surface area contributed by atoms with Crippen LogP contribution >= 0.6 is 0 Å². The molecule has 1 fully saturated rings. The summed E-state index contributed by atoms with van der Waals surface area (Å²) in [4.78, 5) is 22.7. The minimum absolute atomic E-state index is 0.508. The zero-order valence-corrected chi connectivity index (χ0v) is 13.9. The van der Waals surface area contributed by atoms with Gasteiger partial charge in [-0.1, -0.05) is 19.3 Å². The van der Waals surface area contributed by atoms with Crippen molar-refractivity contribution in [3.05, 3.63) is 0 Å². The molecule has 1 N–H and O–H groups in total. The highest BCUT2D eigenvalue weighted by Gasteiger charge is 2.72. The predicted octanol–water partition coefficient (Wildman–Crippen LogP) is 2.30. The molecule has 0 aliphatic heterocycles. The maximum Gasteiger partial charge on any atom is 0.451 e. The zero-order valence-electron chi connectivity index (χ0n) is 13.1. The van der Waals surface area contributed by atoms with Gasteiger partial charge in [0.05, 0.1) is 0 Å². The molecule has 0 spiro atoms. The molecular weight excluding hydrogens is 376 g/mol. The Bertz CT molecular complexity index is 582. The highest BCUT2D eigenvalue weighted by Crippen LogP contribution is 2.39. The Morgan fingerprint density at radius 3 is 1.92 bits per heavy atom. The van der Waals surface area contributed by atoms with Crippen LogP contribution in [0.15, 0.2) is 0 Å². The summed E-state index contributed by atoms with van der Waals surface area (Å²) in [6.07, 6.45) is -1.26. The summed E-state index contributed by atoms with van der Waals surface area (Å²) < 4.78 is 89.4. The third-order valence-electron chi connectivity index (χ3n) is 3.65. The molecule has 0 aromatic heterocycles. The van der Waals surface area contributed by atoms with Crippen LogP contribution in [-0.4, -0.2) is 48.8 Å². The molecule has 0 aromatic rings. The summed E-state index contributed by atoms with van der Waals surface area (Å²) in [6, 6.07) is 0. The molecule has 0 aromatic carbocycles. The van der Waals surface area contributed by atoms with E-state index in [2.05, 4.69) is 4.74 Å². The SMILES string of the molecule is O=C(COC(=O)C(F)(C(F)(F)F)S(=O)(=O)O)OC1CCCCCCC1. The number of alkyl halides is 4. The molecule has 1 rings (SSSR count). The lowest BCUT2D eigenvalue weighted by atomic mass is 9.99. The Morgan fingerprint density at radius 1 is 1.00 bits per heavy atom. The van der Waals surface area contributed by atoms with Crippen LogP contribution in [0.25, 0.3) is 0 Å². The van der Waals surface area contributed by atoms with Gasteiger partial charge >= 0.3 is 33.2 Å². The first-order chi connectivity index (χ1) is 11.4. The number of rotatable bonds is 5. The molecule has 0 amide bonds. The molecule has 146 valence electrons. The van der Waals surface area contributed by atoms with Crippen molar-refractivity contribution in [1.29, 1.82) is 0 Å². The van der Waals surface area contributed by atoms with Gasteiger partial charge in [-0.3, -0.25) is 4.55 Å². The Labute approximate surface area is 141 Å². The average Bonchev–Trinajstić information content (AvgIpc) is 2.44. The van der Waals surface area contributed by atoms with Gasteiger partial charge in [0.15, 0.2) is 6.61 Å². The van der Waals surface area contributed by atoms with E-state index in [1.54, 1.807) is 0 Å². The van der Waals surface area contributed by atoms with E-state index in [0.717, 1.165) is 32.1 Å². The quantitative estimate of drug-likeness (QED) is 0.433. The number of hydrogen-bond acceptors (Lipinski definition) is 6. The minimum atomic E-state index is -6.52. The summed E-state index contributed by atoms with van der Waals surface area (Å²) >= 11 is 0. The molecule has 1 aliphatic carbocycles. The monoisotopic (exact) mass is 394 g/mol. The van der Waals surface area contributed by atoms with Crippen LogP contribution in [0.3, 0.4) is 0 Å². The van der Waals surface area contributed by atoms with Crippen molar-refractivity contribution in [2.24, 2.45) is 0 Å². The van der Waals surface area contributed by atoms with Gasteiger partial charge in [0, 0.05) is 0 Å². The van der Waals surface area contributed by atoms with E-state index in [4.69, 9.17) is 9.29 Å². The smallest absolute Gasteiger partial charge is 0.451 e. The fraction of sp³-hybridized carbons (Fsp3) is 0.846. The van der Waals surface area contributed by atoms with Gasteiger partial charge < -0.3 is 9.47 Å². The molecule has 12 heteroatoms. The van der Waals surface area contributed by atoms with Crippen LogP contribution < -0.4 is 0 Å². The fourth-order valence-corrected chi connectivity index (χ4v) is 2.90. The van der Waals surface area contributed by atoms with E-state index < -0.39 is 45.9 Å². The van der Waals surface area contributed by atoms with Gasteiger partial charge in [-0.05, 0) is 25.7 Å². The van der Waals surface area contributed by atoms with Gasteiger partial charge in [0.25, 0.3) is 0 Å². The Kier molecular flexibility index (Phi) is 7.18. The van der Waals surface area contributed by atoms with Crippen molar-refractivity contribution >= 4 is 22.1 Å². The molecule has 1 aliphatic rings. The molecule has 1 unspecified atom stereocenters. The lowest BCUT2D eigenvalue weighted by molar-refractivity contribution is -0.216. The number of ether oxygens (including phenoxy) is 2. The number of carbonyl (C=O) groups excluding carboxylic acids is 2. The van der Waals surface area contributed by atoms with Crippen molar-refractivity contribution in [3.8, 4) is 0 Å². The van der Waals surface area contributed by atoms with Crippen molar-refractivity contribution in [1.82, 2.24) is 0 Å². The lowest BCUT2D eigenvalue weighted by Gasteiger charge is -2.23. The highest BCUT2D eigenvalue weighted by atomic mass is 32.2. The third kappa shape index (κ3) is 5.53. The van der Waals surface area contributed by atoms with Crippen molar-refractivity contribution in [2.75, 3.05) is 6.61 Å². The molecule has 0 heterocycles. The van der Waals surface area contributed by atoms with E-state index >= 15 is 0 Å². The maximum absolute atomic E-state index is 13.6. The molecule has 1 atom stereocenters. The summed E-state index contributed by atoms with van der Waals surface area (Å²) in [5.74, 6) is -4.20. The Balaban J connectivity index is 2.65. The molecule has 0 bridgehead atoms. The van der Waals surface area contributed by atoms with E-state index in [9.17, 15) is 35.6 Å².